The third-order valence-corrected chi connectivity index (χ3v) is 2.81. The molecule has 3 nitrogen and oxygen atoms in total. The van der Waals surface area contributed by atoms with Crippen LogP contribution in [0.1, 0.15) is 24.1 Å². The van der Waals surface area contributed by atoms with Gasteiger partial charge >= 0.3 is 0 Å². The van der Waals surface area contributed by atoms with Crippen molar-refractivity contribution in [2.24, 2.45) is 0 Å². The van der Waals surface area contributed by atoms with Gasteiger partial charge in [0.25, 0.3) is 0 Å². The van der Waals surface area contributed by atoms with Crippen molar-refractivity contribution in [1.29, 1.82) is 0 Å². The number of nitrogens with zero attached hydrogens (tertiary/aromatic N) is 1. The van der Waals surface area contributed by atoms with Crippen LogP contribution in [0.25, 0.3) is 0 Å². The highest BCUT2D eigenvalue weighted by Gasteiger charge is 2.09. The molecule has 0 spiro atoms. The molecular weight excluding hydrogens is 212 g/mol. The fraction of sp³-hybridized carbons (Fsp3) is 0.571. The largest absolute Gasteiger partial charge is 0.390 e. The van der Waals surface area contributed by atoms with Crippen molar-refractivity contribution in [2.45, 2.75) is 26.0 Å². The Kier molecular flexibility index (Phi) is 5.62. The van der Waals surface area contributed by atoms with E-state index in [1.807, 2.05) is 19.0 Å². The number of benzene rings is 1. The van der Waals surface area contributed by atoms with Crippen molar-refractivity contribution in [2.75, 3.05) is 27.2 Å². The van der Waals surface area contributed by atoms with Crippen molar-refractivity contribution in [3.63, 3.8) is 0 Å². The molecule has 2 N–H and O–H groups in total. The highest BCUT2D eigenvalue weighted by Crippen LogP contribution is 2.12. The Bertz CT molecular complexity index is 321. The standard InChI is InChI=1S/C14H24N2O/c1-11-5-7-13(8-6-11)12(2)15-9-14(17)10-16(3)4/h5-8,12,14-15,17H,9-10H2,1-4H3. The molecule has 2 atom stereocenters. The van der Waals surface area contributed by atoms with Crippen LogP contribution in [0.4, 0.5) is 0 Å². The van der Waals surface area contributed by atoms with E-state index in [9.17, 15) is 5.11 Å². The Morgan fingerprint density at radius 2 is 1.82 bits per heavy atom. The summed E-state index contributed by atoms with van der Waals surface area (Å²) in [5.74, 6) is 0. The number of hydrogen-bond donors (Lipinski definition) is 2. The monoisotopic (exact) mass is 236 g/mol. The van der Waals surface area contributed by atoms with Crippen LogP contribution in [-0.2, 0) is 0 Å². The van der Waals surface area contributed by atoms with Crippen molar-refractivity contribution in [1.82, 2.24) is 10.2 Å². The van der Waals surface area contributed by atoms with Crippen molar-refractivity contribution in [3.05, 3.63) is 35.4 Å². The second-order valence-corrected chi connectivity index (χ2v) is 4.96. The topological polar surface area (TPSA) is 35.5 Å². The van der Waals surface area contributed by atoms with Crippen LogP contribution in [0.3, 0.4) is 0 Å². The van der Waals surface area contributed by atoms with Crippen molar-refractivity contribution < 1.29 is 5.11 Å². The van der Waals surface area contributed by atoms with Gasteiger partial charge < -0.3 is 15.3 Å². The van der Waals surface area contributed by atoms with Crippen molar-refractivity contribution in [3.8, 4) is 0 Å². The minimum atomic E-state index is -0.321. The Morgan fingerprint density at radius 3 is 2.35 bits per heavy atom. The summed E-state index contributed by atoms with van der Waals surface area (Å²) in [7, 11) is 3.93. The molecule has 1 rings (SSSR count). The van der Waals surface area contributed by atoms with Gasteiger partial charge in [-0.25, -0.2) is 0 Å². The number of likely N-dealkylation sites (N-methyl/N-ethyl adjacent to an activating group) is 1. The summed E-state index contributed by atoms with van der Waals surface area (Å²) in [6.07, 6.45) is -0.321. The van der Waals surface area contributed by atoms with Crippen LogP contribution in [0.15, 0.2) is 24.3 Å². The third-order valence-electron chi connectivity index (χ3n) is 2.81. The maximum atomic E-state index is 9.76. The summed E-state index contributed by atoms with van der Waals surface area (Å²) in [5, 5.41) is 13.1. The van der Waals surface area contributed by atoms with Crippen molar-refractivity contribution >= 4 is 0 Å². The highest BCUT2D eigenvalue weighted by molar-refractivity contribution is 5.23. The van der Waals surface area contributed by atoms with Gasteiger partial charge in [-0.3, -0.25) is 0 Å². The van der Waals surface area contributed by atoms with Crippen LogP contribution in [0.2, 0.25) is 0 Å². The lowest BCUT2D eigenvalue weighted by Crippen LogP contribution is -2.36. The summed E-state index contributed by atoms with van der Waals surface area (Å²) in [6.45, 7) is 5.51. The molecule has 0 saturated heterocycles. The van der Waals surface area contributed by atoms with Gasteiger partial charge in [-0.05, 0) is 33.5 Å². The second-order valence-electron chi connectivity index (χ2n) is 4.96. The zero-order valence-electron chi connectivity index (χ0n) is 11.3. The lowest BCUT2D eigenvalue weighted by Gasteiger charge is -2.20. The van der Waals surface area contributed by atoms with Gasteiger partial charge in [-0.15, -0.1) is 0 Å². The Hall–Kier alpha value is -0.900. The lowest BCUT2D eigenvalue weighted by atomic mass is 10.1. The summed E-state index contributed by atoms with van der Waals surface area (Å²) >= 11 is 0. The summed E-state index contributed by atoms with van der Waals surface area (Å²) in [6, 6.07) is 8.76. The zero-order chi connectivity index (χ0) is 12.8. The Labute approximate surface area is 104 Å². The number of aliphatic hydroxyl groups excluding tert-OH is 1. The van der Waals surface area contributed by atoms with E-state index in [2.05, 4.69) is 43.4 Å². The molecule has 0 aromatic heterocycles. The van der Waals surface area contributed by atoms with Gasteiger partial charge in [-0.1, -0.05) is 29.8 Å². The first-order chi connectivity index (χ1) is 7.99. The number of rotatable bonds is 6. The Morgan fingerprint density at radius 1 is 1.24 bits per heavy atom. The molecule has 1 aromatic carbocycles. The maximum absolute atomic E-state index is 9.76. The molecule has 0 bridgehead atoms. The Balaban J connectivity index is 2.39. The van der Waals surface area contributed by atoms with E-state index < -0.39 is 0 Å². The van der Waals surface area contributed by atoms with Gasteiger partial charge in [0, 0.05) is 19.1 Å². The fourth-order valence-corrected chi connectivity index (χ4v) is 1.77. The summed E-state index contributed by atoms with van der Waals surface area (Å²) in [5.41, 5.74) is 2.53. The highest BCUT2D eigenvalue weighted by atomic mass is 16.3. The van der Waals surface area contributed by atoms with E-state index >= 15 is 0 Å². The maximum Gasteiger partial charge on any atom is 0.0791 e. The molecule has 0 aliphatic carbocycles. The molecular formula is C14H24N2O. The van der Waals surface area contributed by atoms with Gasteiger partial charge in [0.2, 0.25) is 0 Å². The molecule has 0 amide bonds. The predicted octanol–water partition coefficient (Wildman–Crippen LogP) is 1.57. The number of nitrogens with one attached hydrogen (secondary N) is 1. The van der Waals surface area contributed by atoms with E-state index in [4.69, 9.17) is 0 Å². The van der Waals surface area contributed by atoms with E-state index in [0.29, 0.717) is 13.1 Å². The van der Waals surface area contributed by atoms with Gasteiger partial charge in [0.05, 0.1) is 6.10 Å². The van der Waals surface area contributed by atoms with E-state index in [0.717, 1.165) is 0 Å². The first-order valence-electron chi connectivity index (χ1n) is 6.11. The molecule has 0 aliphatic heterocycles. The SMILES string of the molecule is Cc1ccc(C(C)NCC(O)CN(C)C)cc1. The fourth-order valence-electron chi connectivity index (χ4n) is 1.77. The number of aryl methyl sites for hydroxylation is 1. The minimum Gasteiger partial charge on any atom is -0.390 e. The first-order valence-corrected chi connectivity index (χ1v) is 6.11. The van der Waals surface area contributed by atoms with Gasteiger partial charge in [0.1, 0.15) is 0 Å². The predicted molar refractivity (Wildman–Crippen MR) is 72.2 cm³/mol. The summed E-state index contributed by atoms with van der Waals surface area (Å²) in [4.78, 5) is 1.99. The van der Waals surface area contributed by atoms with E-state index in [-0.39, 0.29) is 12.1 Å². The molecule has 1 aromatic rings. The average molecular weight is 236 g/mol. The molecule has 0 fully saturated rings. The third kappa shape index (κ3) is 5.31. The van der Waals surface area contributed by atoms with Gasteiger partial charge in [-0.2, -0.15) is 0 Å². The van der Waals surface area contributed by atoms with E-state index in [1.165, 1.54) is 11.1 Å². The van der Waals surface area contributed by atoms with Gasteiger partial charge in [0.15, 0.2) is 0 Å². The normalized spacial score (nSPS) is 14.9. The number of hydrogen-bond acceptors (Lipinski definition) is 3. The van der Waals surface area contributed by atoms with Crippen LogP contribution < -0.4 is 5.32 Å². The van der Waals surface area contributed by atoms with Crippen LogP contribution in [0, 0.1) is 6.92 Å². The average Bonchev–Trinajstić information content (AvgIpc) is 2.26. The number of aliphatic hydroxyl groups is 1. The minimum absolute atomic E-state index is 0.271. The molecule has 0 radical (unpaired) electrons. The van der Waals surface area contributed by atoms with Crippen LogP contribution >= 0.6 is 0 Å². The molecule has 2 unspecified atom stereocenters. The quantitative estimate of drug-likeness (QED) is 0.787. The molecule has 3 heteroatoms. The van der Waals surface area contributed by atoms with E-state index in [1.54, 1.807) is 0 Å². The first kappa shape index (κ1) is 14.2. The van der Waals surface area contributed by atoms with Crippen LogP contribution in [0.5, 0.6) is 0 Å². The second kappa shape index (κ2) is 6.74. The lowest BCUT2D eigenvalue weighted by molar-refractivity contribution is 0.132. The molecule has 96 valence electrons. The molecule has 17 heavy (non-hydrogen) atoms. The smallest absolute Gasteiger partial charge is 0.0791 e. The molecule has 0 saturated carbocycles. The molecule has 0 heterocycles. The molecule has 0 aliphatic rings. The van der Waals surface area contributed by atoms with Crippen LogP contribution in [-0.4, -0.2) is 43.3 Å². The zero-order valence-corrected chi connectivity index (χ0v) is 11.3. The summed E-state index contributed by atoms with van der Waals surface area (Å²) < 4.78 is 0.